The molecule has 4 nitrogen and oxygen atoms in total. The Morgan fingerprint density at radius 2 is 2.30 bits per heavy atom. The molecule has 0 bridgehead atoms. The van der Waals surface area contributed by atoms with Crippen LogP contribution in [0.3, 0.4) is 0 Å². The minimum absolute atomic E-state index is 0.231. The largest absolute Gasteiger partial charge is 0.370 e. The Morgan fingerprint density at radius 1 is 1.50 bits per heavy atom. The molecule has 0 saturated heterocycles. The molecule has 1 unspecified atom stereocenters. The number of hydrogen-bond acceptors (Lipinski definition) is 1. The third-order valence-corrected chi connectivity index (χ3v) is 3.40. The molecule has 0 aliphatic carbocycles. The van der Waals surface area contributed by atoms with Gasteiger partial charge in [0.15, 0.2) is 5.96 Å². The quantitative estimate of drug-likeness (QED) is 0.580. The van der Waals surface area contributed by atoms with Gasteiger partial charge in [0.25, 0.3) is 0 Å². The molecule has 0 radical (unpaired) electrons. The van der Waals surface area contributed by atoms with Gasteiger partial charge < -0.3 is 16.0 Å². The van der Waals surface area contributed by atoms with E-state index in [0.717, 1.165) is 29.3 Å². The maximum Gasteiger partial charge on any atom is 0.188 e. The molecule has 1 aromatic carbocycles. The maximum atomic E-state index is 13.1. The Balaban J connectivity index is 1.98. The molecule has 4 N–H and O–H groups in total. The van der Waals surface area contributed by atoms with Gasteiger partial charge in [-0.25, -0.2) is 4.39 Å². The third-order valence-electron chi connectivity index (χ3n) is 3.40. The van der Waals surface area contributed by atoms with Crippen LogP contribution >= 0.6 is 0 Å². The fourth-order valence-electron chi connectivity index (χ4n) is 2.06. The molecular weight excluding hydrogens is 255 g/mol. The van der Waals surface area contributed by atoms with E-state index in [2.05, 4.69) is 29.1 Å². The number of halogens is 1. The van der Waals surface area contributed by atoms with E-state index >= 15 is 0 Å². The van der Waals surface area contributed by atoms with Crippen molar-refractivity contribution >= 4 is 16.9 Å². The summed E-state index contributed by atoms with van der Waals surface area (Å²) in [7, 11) is 0. The Bertz CT molecular complexity index is 603. The van der Waals surface area contributed by atoms with Crippen LogP contribution in [0.25, 0.3) is 10.9 Å². The number of hydrogen-bond donors (Lipinski definition) is 3. The normalized spacial score (nSPS) is 13.7. The first kappa shape index (κ1) is 14.4. The van der Waals surface area contributed by atoms with Crippen LogP contribution in [0.15, 0.2) is 29.4 Å². The SMILES string of the molecule is CCC(C)NC(N)=NCCc1c[nH]c2cc(F)ccc12. The van der Waals surface area contributed by atoms with Crippen molar-refractivity contribution in [3.63, 3.8) is 0 Å². The summed E-state index contributed by atoms with van der Waals surface area (Å²) in [5.74, 6) is 0.246. The van der Waals surface area contributed by atoms with E-state index in [1.165, 1.54) is 12.1 Å². The van der Waals surface area contributed by atoms with Gasteiger partial charge in [-0.05, 0) is 43.5 Å². The number of rotatable bonds is 5. The van der Waals surface area contributed by atoms with E-state index in [-0.39, 0.29) is 5.82 Å². The van der Waals surface area contributed by atoms with Crippen molar-refractivity contribution in [2.75, 3.05) is 6.54 Å². The van der Waals surface area contributed by atoms with Crippen molar-refractivity contribution in [2.45, 2.75) is 32.7 Å². The molecular formula is C15H21FN4. The molecule has 0 fully saturated rings. The Hall–Kier alpha value is -2.04. The van der Waals surface area contributed by atoms with Crippen molar-refractivity contribution in [2.24, 2.45) is 10.7 Å². The van der Waals surface area contributed by atoms with Crippen LogP contribution in [0.1, 0.15) is 25.8 Å². The summed E-state index contributed by atoms with van der Waals surface area (Å²) in [5.41, 5.74) is 7.74. The molecule has 0 saturated carbocycles. The lowest BCUT2D eigenvalue weighted by molar-refractivity contribution is 0.629. The van der Waals surface area contributed by atoms with Gasteiger partial charge in [-0.15, -0.1) is 0 Å². The Kier molecular flexibility index (Phi) is 4.61. The van der Waals surface area contributed by atoms with Crippen LogP contribution in [0.2, 0.25) is 0 Å². The Labute approximate surface area is 118 Å². The van der Waals surface area contributed by atoms with E-state index in [9.17, 15) is 4.39 Å². The highest BCUT2D eigenvalue weighted by Crippen LogP contribution is 2.19. The molecule has 0 spiro atoms. The molecule has 0 aliphatic heterocycles. The molecule has 20 heavy (non-hydrogen) atoms. The zero-order valence-corrected chi connectivity index (χ0v) is 11.9. The van der Waals surface area contributed by atoms with Crippen LogP contribution in [0.4, 0.5) is 4.39 Å². The lowest BCUT2D eigenvalue weighted by Crippen LogP contribution is -2.38. The first-order valence-corrected chi connectivity index (χ1v) is 6.92. The highest BCUT2D eigenvalue weighted by molar-refractivity contribution is 5.83. The molecule has 1 aromatic heterocycles. The van der Waals surface area contributed by atoms with Crippen LogP contribution in [0.5, 0.6) is 0 Å². The lowest BCUT2D eigenvalue weighted by Gasteiger charge is -2.11. The number of H-pyrrole nitrogens is 1. The first-order chi connectivity index (χ1) is 9.60. The highest BCUT2D eigenvalue weighted by Gasteiger charge is 2.04. The van der Waals surface area contributed by atoms with E-state index in [1.54, 1.807) is 6.07 Å². The average Bonchev–Trinajstić information content (AvgIpc) is 2.81. The van der Waals surface area contributed by atoms with Gasteiger partial charge in [0.05, 0.1) is 0 Å². The predicted octanol–water partition coefficient (Wildman–Crippen LogP) is 2.55. The molecule has 108 valence electrons. The van der Waals surface area contributed by atoms with E-state index in [4.69, 9.17) is 5.73 Å². The number of aliphatic imine (C=N–C) groups is 1. The van der Waals surface area contributed by atoms with Gasteiger partial charge in [0.1, 0.15) is 5.82 Å². The van der Waals surface area contributed by atoms with Gasteiger partial charge in [-0.1, -0.05) is 6.92 Å². The van der Waals surface area contributed by atoms with E-state index in [0.29, 0.717) is 18.5 Å². The number of fused-ring (bicyclic) bond motifs is 1. The van der Waals surface area contributed by atoms with Crippen molar-refractivity contribution in [1.29, 1.82) is 0 Å². The minimum atomic E-state index is -0.231. The average molecular weight is 276 g/mol. The summed E-state index contributed by atoms with van der Waals surface area (Å²) in [6.07, 6.45) is 3.68. The predicted molar refractivity (Wildman–Crippen MR) is 81.3 cm³/mol. The first-order valence-electron chi connectivity index (χ1n) is 6.92. The van der Waals surface area contributed by atoms with Crippen molar-refractivity contribution in [3.8, 4) is 0 Å². The second-order valence-electron chi connectivity index (χ2n) is 4.97. The molecule has 1 heterocycles. The summed E-state index contributed by atoms with van der Waals surface area (Å²) < 4.78 is 13.1. The lowest BCUT2D eigenvalue weighted by atomic mass is 10.1. The third kappa shape index (κ3) is 3.50. The van der Waals surface area contributed by atoms with Gasteiger partial charge in [-0.3, -0.25) is 4.99 Å². The van der Waals surface area contributed by atoms with Crippen molar-refractivity contribution in [1.82, 2.24) is 10.3 Å². The van der Waals surface area contributed by atoms with E-state index < -0.39 is 0 Å². The van der Waals surface area contributed by atoms with Crippen LogP contribution in [-0.2, 0) is 6.42 Å². The zero-order chi connectivity index (χ0) is 14.5. The van der Waals surface area contributed by atoms with Crippen LogP contribution < -0.4 is 11.1 Å². The zero-order valence-electron chi connectivity index (χ0n) is 11.9. The summed E-state index contributed by atoms with van der Waals surface area (Å²) in [4.78, 5) is 7.38. The molecule has 0 amide bonds. The number of benzene rings is 1. The molecule has 5 heteroatoms. The summed E-state index contributed by atoms with van der Waals surface area (Å²) in [5, 5.41) is 4.16. The minimum Gasteiger partial charge on any atom is -0.370 e. The highest BCUT2D eigenvalue weighted by atomic mass is 19.1. The van der Waals surface area contributed by atoms with Gasteiger partial charge in [-0.2, -0.15) is 0 Å². The molecule has 1 atom stereocenters. The Morgan fingerprint density at radius 3 is 3.05 bits per heavy atom. The second kappa shape index (κ2) is 6.41. The number of nitrogens with zero attached hydrogens (tertiary/aromatic N) is 1. The van der Waals surface area contributed by atoms with Gasteiger partial charge in [0.2, 0.25) is 0 Å². The number of guanidine groups is 1. The number of nitrogens with two attached hydrogens (primary N) is 1. The number of aromatic nitrogens is 1. The van der Waals surface area contributed by atoms with E-state index in [1.807, 2.05) is 6.20 Å². The fourth-order valence-corrected chi connectivity index (χ4v) is 2.06. The van der Waals surface area contributed by atoms with Crippen molar-refractivity contribution < 1.29 is 4.39 Å². The number of nitrogens with one attached hydrogen (secondary N) is 2. The smallest absolute Gasteiger partial charge is 0.188 e. The summed E-state index contributed by atoms with van der Waals surface area (Å²) in [6.45, 7) is 4.77. The molecule has 0 aliphatic rings. The number of aromatic amines is 1. The van der Waals surface area contributed by atoms with Crippen LogP contribution in [-0.4, -0.2) is 23.5 Å². The van der Waals surface area contributed by atoms with Crippen molar-refractivity contribution in [3.05, 3.63) is 35.8 Å². The summed E-state index contributed by atoms with van der Waals surface area (Å²) in [6, 6.07) is 5.10. The van der Waals surface area contributed by atoms with Gasteiger partial charge >= 0.3 is 0 Å². The standard InChI is InChI=1S/C15H21FN4/c1-3-10(2)20-15(17)18-7-6-11-9-19-14-8-12(16)4-5-13(11)14/h4-5,8-10,19H,3,6-7H2,1-2H3,(H3,17,18,20). The monoisotopic (exact) mass is 276 g/mol. The van der Waals surface area contributed by atoms with Crippen LogP contribution in [0, 0.1) is 5.82 Å². The topological polar surface area (TPSA) is 66.2 Å². The fraction of sp³-hybridized carbons (Fsp3) is 0.400. The molecule has 2 aromatic rings. The second-order valence-corrected chi connectivity index (χ2v) is 4.97. The van der Waals surface area contributed by atoms with Gasteiger partial charge in [0, 0.05) is 29.7 Å². The molecule has 2 rings (SSSR count). The maximum absolute atomic E-state index is 13.1. The summed E-state index contributed by atoms with van der Waals surface area (Å²) >= 11 is 0.